The van der Waals surface area contributed by atoms with Gasteiger partial charge in [0.25, 0.3) is 5.91 Å². The maximum Gasteiger partial charge on any atom is 0.263 e. The number of halogens is 1. The second kappa shape index (κ2) is 13.4. The highest BCUT2D eigenvalue weighted by molar-refractivity contribution is 7.84. The summed E-state index contributed by atoms with van der Waals surface area (Å²) in [5.41, 5.74) is 3.66. The van der Waals surface area contributed by atoms with E-state index in [1.807, 2.05) is 25.1 Å². The van der Waals surface area contributed by atoms with Crippen molar-refractivity contribution < 1.29 is 18.8 Å². The van der Waals surface area contributed by atoms with Gasteiger partial charge in [-0.3, -0.25) is 9.52 Å². The molecule has 2 aromatic carbocycles. The van der Waals surface area contributed by atoms with Crippen LogP contribution in [0.1, 0.15) is 73.4 Å². The Morgan fingerprint density at radius 2 is 2.05 bits per heavy atom. The molecule has 5 rings (SSSR count). The van der Waals surface area contributed by atoms with Crippen LogP contribution in [0, 0.1) is 11.8 Å². The van der Waals surface area contributed by atoms with Crippen LogP contribution in [0.25, 0.3) is 0 Å². The molecule has 0 aromatic heterocycles. The fraction of sp³-hybridized carbons (Fsp3) is 0.500. The number of ether oxygens (including phenoxy) is 1. The van der Waals surface area contributed by atoms with Crippen LogP contribution in [0.4, 0.5) is 5.69 Å². The topological polar surface area (TPSA) is 78.9 Å². The number of carbonyl (C=O) groups excluding carboxylic acids is 1. The Morgan fingerprint density at radius 1 is 1.24 bits per heavy atom. The molecule has 2 aliphatic carbocycles. The summed E-state index contributed by atoms with van der Waals surface area (Å²) in [4.78, 5) is 15.7. The van der Waals surface area contributed by atoms with Crippen LogP contribution >= 0.6 is 11.6 Å². The molecule has 226 valence electrons. The van der Waals surface area contributed by atoms with Crippen LogP contribution in [0.3, 0.4) is 0 Å². The number of anilines is 1. The van der Waals surface area contributed by atoms with E-state index in [2.05, 4.69) is 34.9 Å². The first-order chi connectivity index (χ1) is 20.3. The van der Waals surface area contributed by atoms with E-state index >= 15 is 0 Å². The summed E-state index contributed by atoms with van der Waals surface area (Å²) in [5.74, 6) is 0.920. The molecule has 1 aliphatic heterocycles. The number of nitrogens with one attached hydrogen (secondary N) is 1. The number of amides is 1. The van der Waals surface area contributed by atoms with Crippen LogP contribution in [-0.4, -0.2) is 46.3 Å². The Kier molecular flexibility index (Phi) is 9.81. The molecule has 2 N–H and O–H groups in total. The lowest BCUT2D eigenvalue weighted by atomic mass is 9.68. The number of hydrogen-bond acceptors (Lipinski definition) is 5. The summed E-state index contributed by atoms with van der Waals surface area (Å²) in [6.07, 6.45) is 10.1. The lowest BCUT2D eigenvalue weighted by Crippen LogP contribution is -2.49. The van der Waals surface area contributed by atoms with Gasteiger partial charge < -0.3 is 14.7 Å². The number of carbonyl (C=O) groups is 1. The maximum atomic E-state index is 13.3. The molecule has 42 heavy (non-hydrogen) atoms. The first-order valence-corrected chi connectivity index (χ1v) is 16.8. The maximum absolute atomic E-state index is 13.3. The van der Waals surface area contributed by atoms with Crippen LogP contribution in [0.2, 0.25) is 5.02 Å². The molecule has 0 saturated heterocycles. The summed E-state index contributed by atoms with van der Waals surface area (Å²) >= 11 is 6.40. The van der Waals surface area contributed by atoms with Crippen molar-refractivity contribution in [2.24, 2.45) is 11.8 Å². The van der Waals surface area contributed by atoms with E-state index in [4.69, 9.17) is 16.3 Å². The quantitative estimate of drug-likeness (QED) is 0.283. The fourth-order valence-corrected chi connectivity index (χ4v) is 8.31. The summed E-state index contributed by atoms with van der Waals surface area (Å²) in [6.45, 7) is 11.6. The molecule has 0 bridgehead atoms. The summed E-state index contributed by atoms with van der Waals surface area (Å²) < 4.78 is 22.2. The Bertz CT molecular complexity index is 1350. The Labute approximate surface area is 257 Å². The van der Waals surface area contributed by atoms with Crippen LogP contribution in [-0.2, 0) is 22.8 Å². The first kappa shape index (κ1) is 30.8. The third-order valence-electron chi connectivity index (χ3n) is 9.51. The average Bonchev–Trinajstić information content (AvgIpc) is 3.10. The zero-order valence-corrected chi connectivity index (χ0v) is 26.1. The van der Waals surface area contributed by atoms with Crippen LogP contribution in [0.15, 0.2) is 61.7 Å². The molecule has 1 amide bonds. The largest absolute Gasteiger partial charge is 0.490 e. The molecule has 6 nitrogen and oxygen atoms in total. The van der Waals surface area contributed by atoms with Crippen molar-refractivity contribution in [1.82, 2.24) is 4.72 Å². The second-order valence-corrected chi connectivity index (χ2v) is 14.1. The minimum Gasteiger partial charge on any atom is -0.490 e. The Hall–Kier alpha value is -2.61. The molecule has 2 aromatic rings. The van der Waals surface area contributed by atoms with Crippen molar-refractivity contribution in [3.63, 3.8) is 0 Å². The number of nitrogens with zero attached hydrogens (tertiary/aromatic N) is 1. The van der Waals surface area contributed by atoms with Crippen molar-refractivity contribution in [1.29, 1.82) is 0 Å². The van der Waals surface area contributed by atoms with Crippen molar-refractivity contribution in [2.75, 3.05) is 24.6 Å². The molecule has 1 saturated carbocycles. The molecule has 6 unspecified atom stereocenters. The monoisotopic (exact) mass is 610 g/mol. The van der Waals surface area contributed by atoms with Gasteiger partial charge in [0.1, 0.15) is 16.7 Å². The normalized spacial score (nSPS) is 25.1. The summed E-state index contributed by atoms with van der Waals surface area (Å²) in [7, 11) is -1.51. The van der Waals surface area contributed by atoms with E-state index in [1.165, 1.54) is 11.1 Å². The highest BCUT2D eigenvalue weighted by Crippen LogP contribution is 2.46. The van der Waals surface area contributed by atoms with Gasteiger partial charge in [0.2, 0.25) is 0 Å². The van der Waals surface area contributed by atoms with Crippen molar-refractivity contribution in [3.05, 3.63) is 83.4 Å². The first-order valence-electron chi connectivity index (χ1n) is 15.2. The van der Waals surface area contributed by atoms with Crippen molar-refractivity contribution >= 4 is 34.2 Å². The standard InChI is InChI=1S/C34H43ClN2O4S/c1-4-8-27(6-3)42(40)36-33(39)24-12-16-32-30(19-24)37(20-25-11-14-28(25)31(38)9-5-2)21-34(22-41-32)17-7-10-23-18-26(35)13-15-29(23)34/h4-5,12-13,15-16,18-19,25,27-28,31,38H,1-2,6-11,14,17,20-22H2,3H3,(H,36,39). The summed E-state index contributed by atoms with van der Waals surface area (Å²) in [5, 5.41) is 11.4. The molecule has 1 fully saturated rings. The van der Waals surface area contributed by atoms with E-state index in [0.717, 1.165) is 61.7 Å². The highest BCUT2D eigenvalue weighted by atomic mass is 35.5. The lowest BCUT2D eigenvalue weighted by molar-refractivity contribution is 0.0178. The fourth-order valence-electron chi connectivity index (χ4n) is 7.04. The number of fused-ring (bicyclic) bond motifs is 3. The lowest BCUT2D eigenvalue weighted by Gasteiger charge is -2.45. The van der Waals surface area contributed by atoms with Gasteiger partial charge in [0, 0.05) is 29.1 Å². The van der Waals surface area contributed by atoms with Crippen LogP contribution in [0.5, 0.6) is 5.75 Å². The molecule has 6 atom stereocenters. The van der Waals surface area contributed by atoms with Gasteiger partial charge >= 0.3 is 0 Å². The molecular formula is C34H43ClN2O4S. The smallest absolute Gasteiger partial charge is 0.263 e. The zero-order chi connectivity index (χ0) is 29.9. The zero-order valence-electron chi connectivity index (χ0n) is 24.5. The number of rotatable bonds is 11. The molecular weight excluding hydrogens is 568 g/mol. The number of benzene rings is 2. The summed E-state index contributed by atoms with van der Waals surface area (Å²) in [6, 6.07) is 11.7. The third kappa shape index (κ3) is 6.34. The van der Waals surface area contributed by atoms with E-state index < -0.39 is 17.1 Å². The number of allylic oxidation sites excluding steroid dienone is 1. The molecule has 1 spiro atoms. The minimum atomic E-state index is -1.51. The predicted molar refractivity (Wildman–Crippen MR) is 172 cm³/mol. The van der Waals surface area contributed by atoms with Gasteiger partial charge in [-0.25, -0.2) is 4.21 Å². The van der Waals surface area contributed by atoms with E-state index in [9.17, 15) is 14.1 Å². The van der Waals surface area contributed by atoms with Crippen molar-refractivity contribution in [2.45, 2.75) is 75.1 Å². The van der Waals surface area contributed by atoms with E-state index in [0.29, 0.717) is 37.4 Å². The average molecular weight is 611 g/mol. The van der Waals surface area contributed by atoms with Gasteiger partial charge in [-0.2, -0.15) is 0 Å². The Balaban J connectivity index is 1.48. The predicted octanol–water partition coefficient (Wildman–Crippen LogP) is 6.52. The van der Waals surface area contributed by atoms with Gasteiger partial charge in [0.15, 0.2) is 0 Å². The molecule has 0 radical (unpaired) electrons. The van der Waals surface area contributed by atoms with Crippen LogP contribution < -0.4 is 14.4 Å². The van der Waals surface area contributed by atoms with Crippen molar-refractivity contribution in [3.8, 4) is 5.75 Å². The Morgan fingerprint density at radius 3 is 2.76 bits per heavy atom. The molecule has 3 aliphatic rings. The highest BCUT2D eigenvalue weighted by Gasteiger charge is 2.44. The second-order valence-electron chi connectivity index (χ2n) is 12.2. The van der Waals surface area contributed by atoms with E-state index in [1.54, 1.807) is 18.2 Å². The molecule has 8 heteroatoms. The minimum absolute atomic E-state index is 0.176. The van der Waals surface area contributed by atoms with Gasteiger partial charge in [0.05, 0.1) is 23.6 Å². The van der Waals surface area contributed by atoms with E-state index in [-0.39, 0.29) is 22.5 Å². The van der Waals surface area contributed by atoms with Gasteiger partial charge in [-0.15, -0.1) is 13.2 Å². The SMILES string of the molecule is C=CCC(O)C1CCC1CN1CC2(CCCc3cc(Cl)ccc32)COc2ccc(C(=O)NS(=O)C(CC)CC=C)cc21. The number of aliphatic hydroxyl groups excluding tert-OH is 1. The third-order valence-corrected chi connectivity index (χ3v) is 11.3. The van der Waals surface area contributed by atoms with Gasteiger partial charge in [-0.05, 0) is 105 Å². The van der Waals surface area contributed by atoms with Gasteiger partial charge in [-0.1, -0.05) is 36.7 Å². The number of hydrogen-bond donors (Lipinski definition) is 2. The molecule has 1 heterocycles. The number of aliphatic hydroxyl groups is 1. The number of aryl methyl sites for hydroxylation is 1.